The summed E-state index contributed by atoms with van der Waals surface area (Å²) >= 11 is 5.89. The van der Waals surface area contributed by atoms with Crippen LogP contribution in [0, 0.1) is 19.7 Å². The summed E-state index contributed by atoms with van der Waals surface area (Å²) in [6.45, 7) is 6.16. The molecule has 0 spiro atoms. The largest absolute Gasteiger partial charge is 0.376 e. The Hall–Kier alpha value is -1.54. The van der Waals surface area contributed by atoms with Crippen molar-refractivity contribution in [1.82, 2.24) is 0 Å². The van der Waals surface area contributed by atoms with Crippen LogP contribution in [0.1, 0.15) is 29.7 Å². The van der Waals surface area contributed by atoms with E-state index in [2.05, 4.69) is 37.4 Å². The Morgan fingerprint density at radius 2 is 1.79 bits per heavy atom. The summed E-state index contributed by atoms with van der Waals surface area (Å²) in [5.41, 5.74) is 4.04. The zero-order valence-corrected chi connectivity index (χ0v) is 12.1. The summed E-state index contributed by atoms with van der Waals surface area (Å²) in [5.74, 6) is -0.292. The molecule has 0 saturated carbocycles. The standard InChI is InChI=1S/C16H17ClFN/c1-10-4-5-13(8-11(10)2)12(3)19-16-9-14(17)6-7-15(16)18/h4-9,12,19H,1-3H3. The van der Waals surface area contributed by atoms with Crippen molar-refractivity contribution in [1.29, 1.82) is 0 Å². The van der Waals surface area contributed by atoms with E-state index in [1.807, 2.05) is 6.92 Å². The van der Waals surface area contributed by atoms with Gasteiger partial charge in [-0.2, -0.15) is 0 Å². The van der Waals surface area contributed by atoms with Crippen molar-refractivity contribution in [2.45, 2.75) is 26.8 Å². The molecular formula is C16H17ClFN. The average Bonchev–Trinajstić information content (AvgIpc) is 2.37. The molecule has 0 saturated heterocycles. The first-order valence-electron chi connectivity index (χ1n) is 6.26. The Morgan fingerprint density at radius 1 is 1.05 bits per heavy atom. The van der Waals surface area contributed by atoms with Crippen LogP contribution in [0.15, 0.2) is 36.4 Å². The summed E-state index contributed by atoms with van der Waals surface area (Å²) in [5, 5.41) is 3.68. The first-order chi connectivity index (χ1) is 8.97. The Kier molecular flexibility index (Phi) is 4.11. The monoisotopic (exact) mass is 277 g/mol. The van der Waals surface area contributed by atoms with Crippen molar-refractivity contribution < 1.29 is 4.39 Å². The van der Waals surface area contributed by atoms with Crippen LogP contribution in [0.3, 0.4) is 0 Å². The fourth-order valence-corrected chi connectivity index (χ4v) is 2.13. The number of halogens is 2. The average molecular weight is 278 g/mol. The third kappa shape index (κ3) is 3.27. The van der Waals surface area contributed by atoms with Gasteiger partial charge in [0.1, 0.15) is 5.82 Å². The molecule has 2 aromatic carbocycles. The highest BCUT2D eigenvalue weighted by Gasteiger charge is 2.09. The minimum absolute atomic E-state index is 0.0206. The molecular weight excluding hydrogens is 261 g/mol. The molecule has 0 heterocycles. The summed E-state index contributed by atoms with van der Waals surface area (Å²) in [7, 11) is 0. The van der Waals surface area contributed by atoms with Crippen LogP contribution in [-0.4, -0.2) is 0 Å². The number of aryl methyl sites for hydroxylation is 2. The van der Waals surface area contributed by atoms with Crippen LogP contribution in [0.2, 0.25) is 5.02 Å². The van der Waals surface area contributed by atoms with Gasteiger partial charge in [-0.25, -0.2) is 4.39 Å². The topological polar surface area (TPSA) is 12.0 Å². The predicted octanol–water partition coefficient (Wildman–Crippen LogP) is 5.27. The lowest BCUT2D eigenvalue weighted by molar-refractivity contribution is 0.627. The molecule has 0 bridgehead atoms. The smallest absolute Gasteiger partial charge is 0.146 e. The quantitative estimate of drug-likeness (QED) is 0.806. The summed E-state index contributed by atoms with van der Waals surface area (Å²) in [6, 6.07) is 10.8. The number of rotatable bonds is 3. The van der Waals surface area contributed by atoms with Gasteiger partial charge in [0.25, 0.3) is 0 Å². The highest BCUT2D eigenvalue weighted by molar-refractivity contribution is 6.30. The number of benzene rings is 2. The predicted molar refractivity (Wildman–Crippen MR) is 79.4 cm³/mol. The summed E-state index contributed by atoms with van der Waals surface area (Å²) in [6.07, 6.45) is 0. The number of hydrogen-bond acceptors (Lipinski definition) is 1. The molecule has 1 unspecified atom stereocenters. The van der Waals surface area contributed by atoms with Crippen LogP contribution in [0.4, 0.5) is 10.1 Å². The molecule has 1 atom stereocenters. The van der Waals surface area contributed by atoms with Crippen molar-refractivity contribution in [3.05, 3.63) is 63.9 Å². The maximum atomic E-state index is 13.7. The third-order valence-corrected chi connectivity index (χ3v) is 3.57. The first-order valence-corrected chi connectivity index (χ1v) is 6.64. The molecule has 0 aliphatic heterocycles. The maximum Gasteiger partial charge on any atom is 0.146 e. The van der Waals surface area contributed by atoms with E-state index in [4.69, 9.17) is 11.6 Å². The Balaban J connectivity index is 2.22. The molecule has 2 aromatic rings. The molecule has 1 nitrogen and oxygen atoms in total. The minimum atomic E-state index is -0.292. The SMILES string of the molecule is Cc1ccc(C(C)Nc2cc(Cl)ccc2F)cc1C. The molecule has 1 N–H and O–H groups in total. The molecule has 2 rings (SSSR count). The van der Waals surface area contributed by atoms with Gasteiger partial charge >= 0.3 is 0 Å². The summed E-state index contributed by atoms with van der Waals surface area (Å²) in [4.78, 5) is 0. The molecule has 0 amide bonds. The second kappa shape index (κ2) is 5.62. The first kappa shape index (κ1) is 13.9. The zero-order chi connectivity index (χ0) is 14.0. The minimum Gasteiger partial charge on any atom is -0.376 e. The molecule has 100 valence electrons. The van der Waals surface area contributed by atoms with E-state index in [0.717, 1.165) is 5.56 Å². The molecule has 19 heavy (non-hydrogen) atoms. The Morgan fingerprint density at radius 3 is 2.47 bits per heavy atom. The van der Waals surface area contributed by atoms with E-state index < -0.39 is 0 Å². The van der Waals surface area contributed by atoms with E-state index >= 15 is 0 Å². The van der Waals surface area contributed by atoms with Gasteiger partial charge in [0.05, 0.1) is 5.69 Å². The lowest BCUT2D eigenvalue weighted by atomic mass is 10.0. The van der Waals surface area contributed by atoms with Gasteiger partial charge < -0.3 is 5.32 Å². The molecule has 0 aliphatic rings. The Bertz CT molecular complexity index is 595. The van der Waals surface area contributed by atoms with E-state index in [9.17, 15) is 4.39 Å². The van der Waals surface area contributed by atoms with E-state index in [-0.39, 0.29) is 11.9 Å². The van der Waals surface area contributed by atoms with Crippen molar-refractivity contribution >= 4 is 17.3 Å². The van der Waals surface area contributed by atoms with Crippen LogP contribution in [-0.2, 0) is 0 Å². The number of hydrogen-bond donors (Lipinski definition) is 1. The van der Waals surface area contributed by atoms with E-state index in [0.29, 0.717) is 10.7 Å². The maximum absolute atomic E-state index is 13.7. The number of anilines is 1. The fraction of sp³-hybridized carbons (Fsp3) is 0.250. The highest BCUT2D eigenvalue weighted by Crippen LogP contribution is 2.25. The lowest BCUT2D eigenvalue weighted by Crippen LogP contribution is -2.08. The molecule has 3 heteroatoms. The fourth-order valence-electron chi connectivity index (χ4n) is 1.96. The van der Waals surface area contributed by atoms with Crippen molar-refractivity contribution in [3.8, 4) is 0 Å². The van der Waals surface area contributed by atoms with Gasteiger partial charge in [-0.3, -0.25) is 0 Å². The van der Waals surface area contributed by atoms with Crippen molar-refractivity contribution in [2.24, 2.45) is 0 Å². The molecule has 0 aromatic heterocycles. The van der Waals surface area contributed by atoms with Gasteiger partial charge in [-0.15, -0.1) is 0 Å². The van der Waals surface area contributed by atoms with Gasteiger partial charge in [0.2, 0.25) is 0 Å². The number of nitrogens with one attached hydrogen (secondary N) is 1. The molecule has 0 radical (unpaired) electrons. The molecule has 0 fully saturated rings. The normalized spacial score (nSPS) is 12.3. The van der Waals surface area contributed by atoms with Gasteiger partial charge in [0, 0.05) is 11.1 Å². The van der Waals surface area contributed by atoms with Crippen molar-refractivity contribution in [3.63, 3.8) is 0 Å². The van der Waals surface area contributed by atoms with Gasteiger partial charge in [-0.1, -0.05) is 29.8 Å². The highest BCUT2D eigenvalue weighted by atomic mass is 35.5. The lowest BCUT2D eigenvalue weighted by Gasteiger charge is -2.17. The van der Waals surface area contributed by atoms with Crippen LogP contribution < -0.4 is 5.32 Å². The Labute approximate surface area is 118 Å². The second-order valence-corrected chi connectivity index (χ2v) is 5.27. The zero-order valence-electron chi connectivity index (χ0n) is 11.3. The second-order valence-electron chi connectivity index (χ2n) is 4.83. The van der Waals surface area contributed by atoms with E-state index in [1.54, 1.807) is 12.1 Å². The van der Waals surface area contributed by atoms with Crippen molar-refractivity contribution in [2.75, 3.05) is 5.32 Å². The molecule has 0 aliphatic carbocycles. The summed E-state index contributed by atoms with van der Waals surface area (Å²) < 4.78 is 13.7. The van der Waals surface area contributed by atoms with E-state index in [1.165, 1.54) is 17.2 Å². The van der Waals surface area contributed by atoms with Crippen LogP contribution in [0.25, 0.3) is 0 Å². The van der Waals surface area contributed by atoms with Gasteiger partial charge in [0.15, 0.2) is 0 Å². The third-order valence-electron chi connectivity index (χ3n) is 3.33. The van der Waals surface area contributed by atoms with Crippen LogP contribution in [0.5, 0.6) is 0 Å². The van der Waals surface area contributed by atoms with Crippen LogP contribution >= 0.6 is 11.6 Å². The van der Waals surface area contributed by atoms with Gasteiger partial charge in [-0.05, 0) is 55.7 Å².